The molecule has 1 rings (SSSR count). The molecule has 0 spiro atoms. The van der Waals surface area contributed by atoms with E-state index in [1.54, 1.807) is 0 Å². The van der Waals surface area contributed by atoms with Crippen molar-refractivity contribution in [1.82, 2.24) is 4.90 Å². The lowest BCUT2D eigenvalue weighted by Crippen LogP contribution is -2.48. The van der Waals surface area contributed by atoms with E-state index in [2.05, 4.69) is 11.5 Å². The Hall–Kier alpha value is -0.340. The molecule has 1 aliphatic rings. The Morgan fingerprint density at radius 3 is 2.70 bits per heavy atom. The number of hydrogen-bond donors (Lipinski definition) is 1. The van der Waals surface area contributed by atoms with Crippen molar-refractivity contribution in [2.24, 2.45) is 5.92 Å². The molecule has 1 N–H and O–H groups in total. The Kier molecular flexibility index (Phi) is 2.46. The standard InChI is InChI=1S/C8H15NO/c1-7(2)3-9-4-8(5-9)6-10/h8,10H,1,3-6H2,2H3. The maximum atomic E-state index is 8.69. The molecule has 0 aliphatic carbocycles. The van der Waals surface area contributed by atoms with Crippen molar-refractivity contribution in [1.29, 1.82) is 0 Å². The van der Waals surface area contributed by atoms with Gasteiger partial charge in [0.2, 0.25) is 0 Å². The third kappa shape index (κ3) is 1.82. The van der Waals surface area contributed by atoms with E-state index in [1.807, 2.05) is 6.92 Å². The highest BCUT2D eigenvalue weighted by Gasteiger charge is 2.24. The molecule has 1 aliphatic heterocycles. The van der Waals surface area contributed by atoms with Crippen LogP contribution in [0.3, 0.4) is 0 Å². The van der Waals surface area contributed by atoms with Crippen molar-refractivity contribution in [3.05, 3.63) is 12.2 Å². The van der Waals surface area contributed by atoms with Crippen LogP contribution in [0.25, 0.3) is 0 Å². The molecule has 2 heteroatoms. The fourth-order valence-electron chi connectivity index (χ4n) is 1.30. The number of likely N-dealkylation sites (tertiary alicyclic amines) is 1. The average molecular weight is 141 g/mol. The molecule has 0 aromatic carbocycles. The van der Waals surface area contributed by atoms with Crippen molar-refractivity contribution >= 4 is 0 Å². The molecule has 0 aromatic rings. The quantitative estimate of drug-likeness (QED) is 0.578. The van der Waals surface area contributed by atoms with Gasteiger partial charge in [0.25, 0.3) is 0 Å². The van der Waals surface area contributed by atoms with Crippen molar-refractivity contribution in [3.63, 3.8) is 0 Å². The molecule has 1 saturated heterocycles. The predicted molar refractivity (Wildman–Crippen MR) is 41.8 cm³/mol. The Labute approximate surface area is 62.2 Å². The third-order valence-corrected chi connectivity index (χ3v) is 1.78. The van der Waals surface area contributed by atoms with Crippen molar-refractivity contribution in [3.8, 4) is 0 Å². The van der Waals surface area contributed by atoms with Gasteiger partial charge in [0, 0.05) is 32.2 Å². The van der Waals surface area contributed by atoms with E-state index in [1.165, 1.54) is 5.57 Å². The molecule has 0 unspecified atom stereocenters. The summed E-state index contributed by atoms with van der Waals surface area (Å²) in [5.74, 6) is 0.527. The lowest BCUT2D eigenvalue weighted by molar-refractivity contribution is 0.0618. The van der Waals surface area contributed by atoms with E-state index in [-0.39, 0.29) is 0 Å². The van der Waals surface area contributed by atoms with Gasteiger partial charge >= 0.3 is 0 Å². The first-order valence-corrected chi connectivity index (χ1v) is 3.70. The minimum Gasteiger partial charge on any atom is -0.396 e. The molecule has 0 atom stereocenters. The smallest absolute Gasteiger partial charge is 0.0483 e. The maximum absolute atomic E-state index is 8.69. The molecule has 0 amide bonds. The summed E-state index contributed by atoms with van der Waals surface area (Å²) in [7, 11) is 0. The maximum Gasteiger partial charge on any atom is 0.0483 e. The summed E-state index contributed by atoms with van der Waals surface area (Å²) in [4.78, 5) is 2.29. The second kappa shape index (κ2) is 3.17. The second-order valence-electron chi connectivity index (χ2n) is 3.20. The van der Waals surface area contributed by atoms with Crippen LogP contribution in [0, 0.1) is 5.92 Å². The molecule has 0 saturated carbocycles. The molecule has 1 fully saturated rings. The lowest BCUT2D eigenvalue weighted by Gasteiger charge is -2.38. The molecule has 0 bridgehead atoms. The first kappa shape index (κ1) is 7.76. The number of aliphatic hydroxyl groups is 1. The van der Waals surface area contributed by atoms with E-state index in [9.17, 15) is 0 Å². The SMILES string of the molecule is C=C(C)CN1CC(CO)C1. The summed E-state index contributed by atoms with van der Waals surface area (Å²) in [6.45, 7) is 9.28. The highest BCUT2D eigenvalue weighted by molar-refractivity contribution is 4.95. The van der Waals surface area contributed by atoms with Crippen LogP contribution in [0.5, 0.6) is 0 Å². The van der Waals surface area contributed by atoms with E-state index in [0.717, 1.165) is 19.6 Å². The van der Waals surface area contributed by atoms with Gasteiger partial charge in [0.05, 0.1) is 0 Å². The van der Waals surface area contributed by atoms with Gasteiger partial charge in [-0.1, -0.05) is 12.2 Å². The minimum absolute atomic E-state index is 0.340. The van der Waals surface area contributed by atoms with Crippen LogP contribution in [0.2, 0.25) is 0 Å². The normalized spacial score (nSPS) is 20.6. The Balaban J connectivity index is 2.08. The zero-order valence-corrected chi connectivity index (χ0v) is 6.51. The summed E-state index contributed by atoms with van der Waals surface area (Å²) >= 11 is 0. The molecule has 2 nitrogen and oxygen atoms in total. The predicted octanol–water partition coefficient (Wildman–Crippen LogP) is 0.487. The summed E-state index contributed by atoms with van der Waals surface area (Å²) in [5, 5.41) is 8.69. The van der Waals surface area contributed by atoms with E-state index < -0.39 is 0 Å². The molecule has 1 heterocycles. The fraction of sp³-hybridized carbons (Fsp3) is 0.750. The highest BCUT2D eigenvalue weighted by Crippen LogP contribution is 2.14. The van der Waals surface area contributed by atoms with Crippen molar-refractivity contribution in [2.75, 3.05) is 26.2 Å². The molecule has 58 valence electrons. The van der Waals surface area contributed by atoms with Gasteiger partial charge in [-0.3, -0.25) is 4.90 Å². The number of rotatable bonds is 3. The second-order valence-corrected chi connectivity index (χ2v) is 3.20. The largest absolute Gasteiger partial charge is 0.396 e. The van der Waals surface area contributed by atoms with E-state index in [0.29, 0.717) is 12.5 Å². The van der Waals surface area contributed by atoms with Gasteiger partial charge < -0.3 is 5.11 Å². The summed E-state index contributed by atoms with van der Waals surface area (Å²) < 4.78 is 0. The Morgan fingerprint density at radius 2 is 2.30 bits per heavy atom. The van der Waals surface area contributed by atoms with Gasteiger partial charge in [0.15, 0.2) is 0 Å². The van der Waals surface area contributed by atoms with Crippen molar-refractivity contribution < 1.29 is 5.11 Å². The minimum atomic E-state index is 0.340. The van der Waals surface area contributed by atoms with Gasteiger partial charge in [-0.05, 0) is 6.92 Å². The summed E-state index contributed by atoms with van der Waals surface area (Å²) in [5.41, 5.74) is 1.20. The van der Waals surface area contributed by atoms with Gasteiger partial charge in [0.1, 0.15) is 0 Å². The number of nitrogens with zero attached hydrogens (tertiary/aromatic N) is 1. The van der Waals surface area contributed by atoms with Gasteiger partial charge in [-0.2, -0.15) is 0 Å². The Morgan fingerprint density at radius 1 is 1.70 bits per heavy atom. The summed E-state index contributed by atoms with van der Waals surface area (Å²) in [6.07, 6.45) is 0. The number of hydrogen-bond acceptors (Lipinski definition) is 2. The molecule has 0 aromatic heterocycles. The van der Waals surface area contributed by atoms with Crippen molar-refractivity contribution in [2.45, 2.75) is 6.92 Å². The van der Waals surface area contributed by atoms with Gasteiger partial charge in [-0.15, -0.1) is 0 Å². The van der Waals surface area contributed by atoms with Crippen LogP contribution >= 0.6 is 0 Å². The van der Waals surface area contributed by atoms with Crippen LogP contribution in [0.15, 0.2) is 12.2 Å². The van der Waals surface area contributed by atoms with Crippen LogP contribution < -0.4 is 0 Å². The Bertz CT molecular complexity index is 127. The van der Waals surface area contributed by atoms with E-state index >= 15 is 0 Å². The summed E-state index contributed by atoms with van der Waals surface area (Å²) in [6, 6.07) is 0. The lowest BCUT2D eigenvalue weighted by atomic mass is 10.0. The average Bonchev–Trinajstić information content (AvgIpc) is 1.76. The molecule has 10 heavy (non-hydrogen) atoms. The highest BCUT2D eigenvalue weighted by atomic mass is 16.3. The van der Waals surface area contributed by atoms with Crippen LogP contribution in [0.1, 0.15) is 6.92 Å². The molecule has 0 radical (unpaired) electrons. The number of aliphatic hydroxyl groups excluding tert-OH is 1. The van der Waals surface area contributed by atoms with Crippen LogP contribution in [-0.2, 0) is 0 Å². The topological polar surface area (TPSA) is 23.5 Å². The van der Waals surface area contributed by atoms with Crippen LogP contribution in [-0.4, -0.2) is 36.2 Å². The fourth-order valence-corrected chi connectivity index (χ4v) is 1.30. The zero-order chi connectivity index (χ0) is 7.56. The zero-order valence-electron chi connectivity index (χ0n) is 6.51. The third-order valence-electron chi connectivity index (χ3n) is 1.78. The van der Waals surface area contributed by atoms with E-state index in [4.69, 9.17) is 5.11 Å². The van der Waals surface area contributed by atoms with Gasteiger partial charge in [-0.25, -0.2) is 0 Å². The first-order valence-electron chi connectivity index (χ1n) is 3.70. The first-order chi connectivity index (χ1) is 4.72. The molecular formula is C8H15NO. The molecular weight excluding hydrogens is 126 g/mol. The monoisotopic (exact) mass is 141 g/mol. The van der Waals surface area contributed by atoms with Crippen LogP contribution in [0.4, 0.5) is 0 Å².